The number of carboxylic acid groups (broad SMARTS) is 1. The first-order valence-corrected chi connectivity index (χ1v) is 6.26. The van der Waals surface area contributed by atoms with Gasteiger partial charge in [0.1, 0.15) is 11.9 Å². The molecule has 0 bridgehead atoms. The van der Waals surface area contributed by atoms with E-state index in [2.05, 4.69) is 5.32 Å². The largest absolute Gasteiger partial charge is 0.480 e. The molecule has 1 aromatic carbocycles. The van der Waals surface area contributed by atoms with E-state index in [9.17, 15) is 9.18 Å². The Hall–Kier alpha value is -1.42. The van der Waals surface area contributed by atoms with Crippen LogP contribution in [0.3, 0.4) is 0 Å². The van der Waals surface area contributed by atoms with Gasteiger partial charge in [-0.25, -0.2) is 4.39 Å². The van der Waals surface area contributed by atoms with Gasteiger partial charge in [0.25, 0.3) is 0 Å². The van der Waals surface area contributed by atoms with Crippen molar-refractivity contribution in [3.8, 4) is 0 Å². The fourth-order valence-electron chi connectivity index (χ4n) is 1.83. The van der Waals surface area contributed by atoms with E-state index in [0.29, 0.717) is 13.0 Å². The zero-order valence-corrected chi connectivity index (χ0v) is 10.8. The summed E-state index contributed by atoms with van der Waals surface area (Å²) in [5.41, 5.74) is 1.00. The van der Waals surface area contributed by atoms with Crippen LogP contribution in [0, 0.1) is 5.82 Å². The van der Waals surface area contributed by atoms with Crippen molar-refractivity contribution in [1.29, 1.82) is 0 Å². The molecule has 2 unspecified atom stereocenters. The molecule has 1 rings (SSSR count). The third kappa shape index (κ3) is 4.45. The molecule has 2 N–H and O–H groups in total. The number of aliphatic carboxylic acids is 1. The van der Waals surface area contributed by atoms with Gasteiger partial charge in [-0.15, -0.1) is 0 Å². The highest BCUT2D eigenvalue weighted by Crippen LogP contribution is 2.15. The average Bonchev–Trinajstić information content (AvgIpc) is 2.34. The molecule has 2 atom stereocenters. The summed E-state index contributed by atoms with van der Waals surface area (Å²) in [6.45, 7) is 4.52. The molecule has 100 valence electrons. The Bertz CT molecular complexity index is 378. The first-order valence-electron chi connectivity index (χ1n) is 6.26. The van der Waals surface area contributed by atoms with Crippen LogP contribution < -0.4 is 5.32 Å². The molecule has 3 nitrogen and oxygen atoms in total. The van der Waals surface area contributed by atoms with Crippen LogP contribution in [0.15, 0.2) is 24.3 Å². The fraction of sp³-hybridized carbons (Fsp3) is 0.500. The van der Waals surface area contributed by atoms with Gasteiger partial charge in [0.05, 0.1) is 0 Å². The van der Waals surface area contributed by atoms with Crippen molar-refractivity contribution in [2.45, 2.75) is 38.6 Å². The van der Waals surface area contributed by atoms with Crippen LogP contribution in [-0.4, -0.2) is 23.7 Å². The second-order valence-electron chi connectivity index (χ2n) is 4.54. The van der Waals surface area contributed by atoms with Gasteiger partial charge >= 0.3 is 5.97 Å². The first-order chi connectivity index (χ1) is 8.54. The van der Waals surface area contributed by atoms with Crippen molar-refractivity contribution in [3.05, 3.63) is 35.6 Å². The molecule has 0 aliphatic rings. The van der Waals surface area contributed by atoms with Crippen molar-refractivity contribution in [3.63, 3.8) is 0 Å². The lowest BCUT2D eigenvalue weighted by Gasteiger charge is -2.17. The van der Waals surface area contributed by atoms with Gasteiger partial charge in [0, 0.05) is 6.54 Å². The fourth-order valence-corrected chi connectivity index (χ4v) is 1.83. The normalized spacial score (nSPS) is 14.2. The maximum atomic E-state index is 12.8. The van der Waals surface area contributed by atoms with E-state index in [4.69, 9.17) is 5.11 Å². The predicted octanol–water partition coefficient (Wildman–Crippen LogP) is 2.77. The number of hydrogen-bond donors (Lipinski definition) is 2. The van der Waals surface area contributed by atoms with E-state index in [1.807, 2.05) is 13.8 Å². The predicted molar refractivity (Wildman–Crippen MR) is 69.1 cm³/mol. The Morgan fingerprint density at radius 2 is 2.00 bits per heavy atom. The topological polar surface area (TPSA) is 49.3 Å². The molecule has 0 saturated carbocycles. The summed E-state index contributed by atoms with van der Waals surface area (Å²) in [6.07, 6.45) is 1.44. The molecular weight excluding hydrogens is 233 g/mol. The molecule has 0 fully saturated rings. The molecule has 0 aliphatic heterocycles. The van der Waals surface area contributed by atoms with Crippen molar-refractivity contribution < 1.29 is 14.3 Å². The molecule has 0 aromatic heterocycles. The Kier molecular flexibility index (Phi) is 5.78. The number of carboxylic acids is 1. The Morgan fingerprint density at radius 1 is 1.39 bits per heavy atom. The van der Waals surface area contributed by atoms with E-state index in [1.54, 1.807) is 12.1 Å². The number of benzene rings is 1. The molecule has 0 amide bonds. The van der Waals surface area contributed by atoms with Gasteiger partial charge in [-0.2, -0.15) is 0 Å². The minimum atomic E-state index is -0.817. The molecule has 4 heteroatoms. The van der Waals surface area contributed by atoms with Crippen LogP contribution in [0.4, 0.5) is 4.39 Å². The summed E-state index contributed by atoms with van der Waals surface area (Å²) in [5.74, 6) is -0.916. The monoisotopic (exact) mass is 253 g/mol. The number of halogens is 1. The van der Waals surface area contributed by atoms with Crippen molar-refractivity contribution >= 4 is 5.97 Å². The highest BCUT2D eigenvalue weighted by molar-refractivity contribution is 5.73. The van der Waals surface area contributed by atoms with Gasteiger partial charge in [0.15, 0.2) is 0 Å². The SMILES string of the molecule is CCCC(NCC(C)c1ccc(F)cc1)C(=O)O. The molecule has 0 radical (unpaired) electrons. The lowest BCUT2D eigenvalue weighted by atomic mass is 10.0. The summed E-state index contributed by atoms with van der Waals surface area (Å²) in [5, 5.41) is 12.1. The Morgan fingerprint density at radius 3 is 2.50 bits per heavy atom. The van der Waals surface area contributed by atoms with Crippen LogP contribution >= 0.6 is 0 Å². The minimum Gasteiger partial charge on any atom is -0.480 e. The lowest BCUT2D eigenvalue weighted by Crippen LogP contribution is -2.38. The van der Waals surface area contributed by atoms with Crippen LogP contribution in [0.25, 0.3) is 0 Å². The lowest BCUT2D eigenvalue weighted by molar-refractivity contribution is -0.139. The van der Waals surface area contributed by atoms with E-state index in [0.717, 1.165) is 12.0 Å². The van der Waals surface area contributed by atoms with Crippen LogP contribution in [-0.2, 0) is 4.79 Å². The van der Waals surface area contributed by atoms with Crippen LogP contribution in [0.2, 0.25) is 0 Å². The summed E-state index contributed by atoms with van der Waals surface area (Å²) in [7, 11) is 0. The third-order valence-corrected chi connectivity index (χ3v) is 2.98. The standard InChI is InChI=1S/C14H20FNO2/c1-3-4-13(14(17)18)16-9-10(2)11-5-7-12(15)8-6-11/h5-8,10,13,16H,3-4,9H2,1-2H3,(H,17,18). The van der Waals surface area contributed by atoms with Gasteiger partial charge in [-0.3, -0.25) is 4.79 Å². The molecule has 18 heavy (non-hydrogen) atoms. The zero-order chi connectivity index (χ0) is 13.5. The van der Waals surface area contributed by atoms with Crippen LogP contribution in [0.5, 0.6) is 0 Å². The summed E-state index contributed by atoms with van der Waals surface area (Å²) in [4.78, 5) is 11.0. The summed E-state index contributed by atoms with van der Waals surface area (Å²) >= 11 is 0. The molecule has 0 spiro atoms. The quantitative estimate of drug-likeness (QED) is 0.785. The van der Waals surface area contributed by atoms with Gasteiger partial charge in [-0.05, 0) is 30.0 Å². The van der Waals surface area contributed by atoms with Gasteiger partial charge < -0.3 is 10.4 Å². The Balaban J connectivity index is 2.51. The smallest absolute Gasteiger partial charge is 0.320 e. The molecule has 1 aromatic rings. The maximum absolute atomic E-state index is 12.8. The Labute approximate surface area is 107 Å². The van der Waals surface area contributed by atoms with E-state index in [-0.39, 0.29) is 11.7 Å². The summed E-state index contributed by atoms with van der Waals surface area (Å²) < 4.78 is 12.8. The third-order valence-electron chi connectivity index (χ3n) is 2.98. The number of rotatable bonds is 7. The van der Waals surface area contributed by atoms with Crippen molar-refractivity contribution in [1.82, 2.24) is 5.32 Å². The second kappa shape index (κ2) is 7.11. The van der Waals surface area contributed by atoms with Gasteiger partial charge in [-0.1, -0.05) is 32.4 Å². The number of carbonyl (C=O) groups is 1. The van der Waals surface area contributed by atoms with Crippen molar-refractivity contribution in [2.24, 2.45) is 0 Å². The molecule has 0 heterocycles. The van der Waals surface area contributed by atoms with E-state index >= 15 is 0 Å². The highest BCUT2D eigenvalue weighted by atomic mass is 19.1. The molecular formula is C14H20FNO2. The first kappa shape index (κ1) is 14.6. The maximum Gasteiger partial charge on any atom is 0.320 e. The minimum absolute atomic E-state index is 0.157. The van der Waals surface area contributed by atoms with Crippen molar-refractivity contribution in [2.75, 3.05) is 6.54 Å². The number of nitrogens with one attached hydrogen (secondary N) is 1. The second-order valence-corrected chi connectivity index (χ2v) is 4.54. The number of hydrogen-bond acceptors (Lipinski definition) is 2. The molecule has 0 aliphatic carbocycles. The van der Waals surface area contributed by atoms with Gasteiger partial charge in [0.2, 0.25) is 0 Å². The van der Waals surface area contributed by atoms with E-state index in [1.165, 1.54) is 12.1 Å². The average molecular weight is 253 g/mol. The zero-order valence-electron chi connectivity index (χ0n) is 10.8. The van der Waals surface area contributed by atoms with Crippen LogP contribution in [0.1, 0.15) is 38.2 Å². The van der Waals surface area contributed by atoms with E-state index < -0.39 is 12.0 Å². The summed E-state index contributed by atoms with van der Waals surface area (Å²) in [6, 6.07) is 5.81. The molecule has 0 saturated heterocycles. The highest BCUT2D eigenvalue weighted by Gasteiger charge is 2.16.